The molecule has 0 fully saturated rings. The van der Waals surface area contributed by atoms with E-state index in [2.05, 4.69) is 20.6 Å². The van der Waals surface area contributed by atoms with Crippen LogP contribution in [0.15, 0.2) is 48.5 Å². The lowest BCUT2D eigenvalue weighted by atomic mass is 10.2. The van der Waals surface area contributed by atoms with Gasteiger partial charge in [-0.05, 0) is 56.7 Å². The van der Waals surface area contributed by atoms with Crippen LogP contribution in [0.1, 0.15) is 27.3 Å². The van der Waals surface area contributed by atoms with Crippen molar-refractivity contribution in [2.75, 3.05) is 17.7 Å². The quantitative estimate of drug-likeness (QED) is 0.703. The number of amides is 1. The summed E-state index contributed by atoms with van der Waals surface area (Å²) in [5.74, 6) is 0.730. The van der Waals surface area contributed by atoms with E-state index in [9.17, 15) is 4.79 Å². The number of carbonyl (C=O) groups excluding carboxylic acids is 1. The van der Waals surface area contributed by atoms with Crippen molar-refractivity contribution in [3.8, 4) is 5.75 Å². The smallest absolute Gasteiger partial charge is 0.274 e. The monoisotopic (exact) mass is 362 g/mol. The highest BCUT2D eigenvalue weighted by molar-refractivity contribution is 6.03. The number of rotatable bonds is 5. The van der Waals surface area contributed by atoms with Crippen molar-refractivity contribution in [1.29, 1.82) is 0 Å². The van der Waals surface area contributed by atoms with Gasteiger partial charge in [0.25, 0.3) is 5.91 Å². The van der Waals surface area contributed by atoms with Gasteiger partial charge < -0.3 is 15.4 Å². The highest BCUT2D eigenvalue weighted by atomic mass is 16.5. The molecule has 0 aliphatic heterocycles. The standard InChI is InChI=1S/C21H22N4O2/c1-13-5-8-16(9-6-13)23-20(26)18-12-15(3)22-21(25-18)24-17-11-14(2)7-10-19(17)27-4/h5-12H,1-4H3,(H,23,26)(H,22,24,25). The number of ether oxygens (including phenoxy) is 1. The molecule has 0 saturated heterocycles. The molecular formula is C21H22N4O2. The molecule has 6 nitrogen and oxygen atoms in total. The van der Waals surface area contributed by atoms with Crippen molar-refractivity contribution in [3.05, 3.63) is 71.0 Å². The topological polar surface area (TPSA) is 76.1 Å². The zero-order valence-corrected chi connectivity index (χ0v) is 15.8. The van der Waals surface area contributed by atoms with E-state index in [-0.39, 0.29) is 11.6 Å². The molecule has 1 heterocycles. The number of methoxy groups -OCH3 is 1. The van der Waals surface area contributed by atoms with Gasteiger partial charge in [0.2, 0.25) is 5.95 Å². The van der Waals surface area contributed by atoms with Crippen LogP contribution in [0.3, 0.4) is 0 Å². The largest absolute Gasteiger partial charge is 0.495 e. The Hall–Kier alpha value is -3.41. The van der Waals surface area contributed by atoms with Gasteiger partial charge in [0.1, 0.15) is 11.4 Å². The number of carbonyl (C=O) groups is 1. The second kappa shape index (κ2) is 7.86. The maximum absolute atomic E-state index is 12.6. The molecule has 0 atom stereocenters. The summed E-state index contributed by atoms with van der Waals surface area (Å²) in [7, 11) is 1.60. The van der Waals surface area contributed by atoms with Gasteiger partial charge in [-0.1, -0.05) is 23.8 Å². The van der Waals surface area contributed by atoms with Gasteiger partial charge in [0.05, 0.1) is 12.8 Å². The highest BCUT2D eigenvalue weighted by Gasteiger charge is 2.12. The first-order valence-corrected chi connectivity index (χ1v) is 8.60. The van der Waals surface area contributed by atoms with Gasteiger partial charge in [-0.3, -0.25) is 4.79 Å². The average molecular weight is 362 g/mol. The molecule has 0 bridgehead atoms. The minimum atomic E-state index is -0.288. The minimum Gasteiger partial charge on any atom is -0.495 e. The summed E-state index contributed by atoms with van der Waals surface area (Å²) >= 11 is 0. The maximum atomic E-state index is 12.6. The van der Waals surface area contributed by atoms with Crippen molar-refractivity contribution in [1.82, 2.24) is 9.97 Å². The number of benzene rings is 2. The predicted molar refractivity (Wildman–Crippen MR) is 107 cm³/mol. The molecule has 1 amide bonds. The Balaban J connectivity index is 1.85. The number of hydrogen-bond donors (Lipinski definition) is 2. The summed E-state index contributed by atoms with van der Waals surface area (Å²) in [4.78, 5) is 21.3. The zero-order valence-electron chi connectivity index (χ0n) is 15.8. The molecule has 27 heavy (non-hydrogen) atoms. The number of nitrogens with one attached hydrogen (secondary N) is 2. The fourth-order valence-corrected chi connectivity index (χ4v) is 2.61. The van der Waals surface area contributed by atoms with Crippen LogP contribution in [-0.4, -0.2) is 23.0 Å². The number of anilines is 3. The summed E-state index contributed by atoms with van der Waals surface area (Å²) in [6.45, 7) is 5.81. The zero-order chi connectivity index (χ0) is 19.4. The predicted octanol–water partition coefficient (Wildman–Crippen LogP) is 4.41. The second-order valence-electron chi connectivity index (χ2n) is 6.37. The molecule has 3 aromatic rings. The second-order valence-corrected chi connectivity index (χ2v) is 6.37. The fraction of sp³-hybridized carbons (Fsp3) is 0.190. The van der Waals surface area contributed by atoms with E-state index in [0.717, 1.165) is 22.5 Å². The molecule has 2 aromatic carbocycles. The Morgan fingerprint density at radius 3 is 2.33 bits per heavy atom. The number of nitrogens with zero attached hydrogens (tertiary/aromatic N) is 2. The summed E-state index contributed by atoms with van der Waals surface area (Å²) in [6, 6.07) is 15.0. The third kappa shape index (κ3) is 4.61. The van der Waals surface area contributed by atoms with E-state index in [1.807, 2.05) is 63.2 Å². The first-order valence-electron chi connectivity index (χ1n) is 8.60. The Morgan fingerprint density at radius 2 is 1.63 bits per heavy atom. The van der Waals surface area contributed by atoms with Crippen LogP contribution >= 0.6 is 0 Å². The van der Waals surface area contributed by atoms with Crippen LogP contribution < -0.4 is 15.4 Å². The Labute approximate surface area is 158 Å². The third-order valence-electron chi connectivity index (χ3n) is 4.00. The molecule has 0 saturated carbocycles. The van der Waals surface area contributed by atoms with E-state index in [1.165, 1.54) is 0 Å². The van der Waals surface area contributed by atoms with Crippen LogP contribution in [0.4, 0.5) is 17.3 Å². The highest BCUT2D eigenvalue weighted by Crippen LogP contribution is 2.27. The Bertz CT molecular complexity index is 968. The molecule has 138 valence electrons. The molecule has 1 aromatic heterocycles. The molecule has 6 heteroatoms. The number of aryl methyl sites for hydroxylation is 3. The minimum absolute atomic E-state index is 0.288. The van der Waals surface area contributed by atoms with Gasteiger partial charge in [-0.2, -0.15) is 0 Å². The molecule has 3 rings (SSSR count). The van der Waals surface area contributed by atoms with Crippen LogP contribution in [0.5, 0.6) is 5.75 Å². The number of hydrogen-bond acceptors (Lipinski definition) is 5. The molecule has 0 unspecified atom stereocenters. The Kier molecular flexibility index (Phi) is 5.35. The Morgan fingerprint density at radius 1 is 0.926 bits per heavy atom. The SMILES string of the molecule is COc1ccc(C)cc1Nc1nc(C)cc(C(=O)Nc2ccc(C)cc2)n1. The van der Waals surface area contributed by atoms with Gasteiger partial charge in [-0.25, -0.2) is 9.97 Å². The van der Waals surface area contributed by atoms with E-state index >= 15 is 0 Å². The van der Waals surface area contributed by atoms with Gasteiger partial charge in [0.15, 0.2) is 0 Å². The molecule has 0 radical (unpaired) electrons. The van der Waals surface area contributed by atoms with Crippen molar-refractivity contribution in [3.63, 3.8) is 0 Å². The summed E-state index contributed by atoms with van der Waals surface area (Å²) in [6.07, 6.45) is 0. The van der Waals surface area contributed by atoms with E-state index in [1.54, 1.807) is 13.2 Å². The van der Waals surface area contributed by atoms with Gasteiger partial charge in [0, 0.05) is 11.4 Å². The van der Waals surface area contributed by atoms with Crippen LogP contribution in [-0.2, 0) is 0 Å². The average Bonchev–Trinajstić information content (AvgIpc) is 2.63. The molecule has 0 spiro atoms. The maximum Gasteiger partial charge on any atom is 0.274 e. The normalized spacial score (nSPS) is 10.4. The molecule has 2 N–H and O–H groups in total. The lowest BCUT2D eigenvalue weighted by Crippen LogP contribution is -2.15. The lowest BCUT2D eigenvalue weighted by Gasteiger charge is -2.12. The molecular weight excluding hydrogens is 340 g/mol. The third-order valence-corrected chi connectivity index (χ3v) is 4.00. The first kappa shape index (κ1) is 18.4. The van der Waals surface area contributed by atoms with Crippen LogP contribution in [0.25, 0.3) is 0 Å². The van der Waals surface area contributed by atoms with Gasteiger partial charge >= 0.3 is 0 Å². The fourth-order valence-electron chi connectivity index (χ4n) is 2.61. The lowest BCUT2D eigenvalue weighted by molar-refractivity contribution is 0.102. The summed E-state index contributed by atoms with van der Waals surface area (Å²) in [5, 5.41) is 6.00. The van der Waals surface area contributed by atoms with Crippen molar-refractivity contribution in [2.45, 2.75) is 20.8 Å². The van der Waals surface area contributed by atoms with E-state index < -0.39 is 0 Å². The first-order chi connectivity index (χ1) is 12.9. The van der Waals surface area contributed by atoms with E-state index in [0.29, 0.717) is 17.4 Å². The summed E-state index contributed by atoms with van der Waals surface area (Å²) in [5.41, 5.74) is 4.64. The van der Waals surface area contributed by atoms with Crippen molar-refractivity contribution >= 4 is 23.2 Å². The van der Waals surface area contributed by atoms with Crippen molar-refractivity contribution < 1.29 is 9.53 Å². The van der Waals surface area contributed by atoms with Crippen molar-refractivity contribution in [2.24, 2.45) is 0 Å². The molecule has 0 aliphatic rings. The molecule has 0 aliphatic carbocycles. The van der Waals surface area contributed by atoms with Crippen LogP contribution in [0, 0.1) is 20.8 Å². The van der Waals surface area contributed by atoms with E-state index in [4.69, 9.17) is 4.74 Å². The summed E-state index contributed by atoms with van der Waals surface area (Å²) < 4.78 is 5.37. The number of aromatic nitrogens is 2. The van der Waals surface area contributed by atoms with Crippen LogP contribution in [0.2, 0.25) is 0 Å². The van der Waals surface area contributed by atoms with Gasteiger partial charge in [-0.15, -0.1) is 0 Å².